The fraction of sp³-hybridized carbons (Fsp3) is 0.368. The topological polar surface area (TPSA) is 59.8 Å². The summed E-state index contributed by atoms with van der Waals surface area (Å²) in [4.78, 5) is 26.3. The molecular formula is C19H20FNO4. The SMILES string of the molecule is COC(=O)[C@H]1CN(C(=O)CCc2ccco2)C[C@@H]1c1ccc(F)cc1. The quantitative estimate of drug-likeness (QED) is 0.782. The lowest BCUT2D eigenvalue weighted by Gasteiger charge is -2.16. The zero-order valence-electron chi connectivity index (χ0n) is 14.0. The van der Waals surface area contributed by atoms with Crippen LogP contribution in [0.5, 0.6) is 0 Å². The van der Waals surface area contributed by atoms with Gasteiger partial charge in [0.15, 0.2) is 0 Å². The van der Waals surface area contributed by atoms with E-state index in [1.165, 1.54) is 19.2 Å². The van der Waals surface area contributed by atoms with Crippen molar-refractivity contribution in [2.45, 2.75) is 18.8 Å². The second-order valence-corrected chi connectivity index (χ2v) is 6.17. The van der Waals surface area contributed by atoms with Crippen molar-refractivity contribution in [2.75, 3.05) is 20.2 Å². The molecule has 0 spiro atoms. The van der Waals surface area contributed by atoms with Crippen LogP contribution in [-0.4, -0.2) is 37.0 Å². The number of halogens is 1. The summed E-state index contributed by atoms with van der Waals surface area (Å²) >= 11 is 0. The average molecular weight is 345 g/mol. The first-order valence-electron chi connectivity index (χ1n) is 8.22. The lowest BCUT2D eigenvalue weighted by atomic mass is 9.89. The largest absolute Gasteiger partial charge is 0.469 e. The van der Waals surface area contributed by atoms with Gasteiger partial charge in [0.25, 0.3) is 0 Å². The van der Waals surface area contributed by atoms with E-state index in [-0.39, 0.29) is 23.6 Å². The summed E-state index contributed by atoms with van der Waals surface area (Å²) < 4.78 is 23.3. The highest BCUT2D eigenvalue weighted by Gasteiger charge is 2.40. The van der Waals surface area contributed by atoms with Crippen molar-refractivity contribution in [3.8, 4) is 0 Å². The van der Waals surface area contributed by atoms with E-state index in [4.69, 9.17) is 9.15 Å². The third kappa shape index (κ3) is 3.90. The first kappa shape index (κ1) is 17.2. The Morgan fingerprint density at radius 1 is 1.24 bits per heavy atom. The number of benzene rings is 1. The smallest absolute Gasteiger partial charge is 0.311 e. The van der Waals surface area contributed by atoms with Gasteiger partial charge < -0.3 is 14.1 Å². The van der Waals surface area contributed by atoms with Gasteiger partial charge in [0.2, 0.25) is 5.91 Å². The number of methoxy groups -OCH3 is 1. The van der Waals surface area contributed by atoms with E-state index < -0.39 is 5.92 Å². The van der Waals surface area contributed by atoms with E-state index in [1.807, 2.05) is 6.07 Å². The van der Waals surface area contributed by atoms with E-state index in [2.05, 4.69) is 0 Å². The van der Waals surface area contributed by atoms with Gasteiger partial charge in [-0.2, -0.15) is 0 Å². The van der Waals surface area contributed by atoms with Crippen LogP contribution in [0.3, 0.4) is 0 Å². The molecule has 1 saturated heterocycles. The molecule has 25 heavy (non-hydrogen) atoms. The van der Waals surface area contributed by atoms with Crippen molar-refractivity contribution in [1.82, 2.24) is 4.90 Å². The van der Waals surface area contributed by atoms with Crippen LogP contribution in [0.1, 0.15) is 23.7 Å². The highest BCUT2D eigenvalue weighted by Crippen LogP contribution is 2.34. The molecular weight excluding hydrogens is 325 g/mol. The van der Waals surface area contributed by atoms with Crippen molar-refractivity contribution in [3.63, 3.8) is 0 Å². The molecule has 1 aromatic heterocycles. The highest BCUT2D eigenvalue weighted by molar-refractivity contribution is 5.80. The molecule has 1 amide bonds. The number of hydrogen-bond donors (Lipinski definition) is 0. The predicted molar refractivity (Wildman–Crippen MR) is 88.3 cm³/mol. The van der Waals surface area contributed by atoms with Crippen molar-refractivity contribution in [2.24, 2.45) is 5.92 Å². The number of rotatable bonds is 5. The van der Waals surface area contributed by atoms with Crippen LogP contribution < -0.4 is 0 Å². The van der Waals surface area contributed by atoms with Crippen LogP contribution in [0, 0.1) is 11.7 Å². The number of carbonyl (C=O) groups excluding carboxylic acids is 2. The summed E-state index contributed by atoms with van der Waals surface area (Å²) in [5.74, 6) is -0.593. The summed E-state index contributed by atoms with van der Waals surface area (Å²) in [7, 11) is 1.34. The first-order chi connectivity index (χ1) is 12.1. The Labute approximate surface area is 145 Å². The van der Waals surface area contributed by atoms with Gasteiger partial charge in [0, 0.05) is 31.8 Å². The van der Waals surface area contributed by atoms with Gasteiger partial charge in [-0.05, 0) is 29.8 Å². The Morgan fingerprint density at radius 2 is 2.00 bits per heavy atom. The molecule has 0 unspecified atom stereocenters. The molecule has 2 atom stereocenters. The van der Waals surface area contributed by atoms with E-state index >= 15 is 0 Å². The number of nitrogens with zero attached hydrogens (tertiary/aromatic N) is 1. The maximum absolute atomic E-state index is 13.2. The number of ether oxygens (including phenoxy) is 1. The van der Waals surface area contributed by atoms with Crippen LogP contribution in [0.4, 0.5) is 4.39 Å². The molecule has 3 rings (SSSR count). The van der Waals surface area contributed by atoms with Gasteiger partial charge in [-0.15, -0.1) is 0 Å². The van der Waals surface area contributed by atoms with E-state index in [0.29, 0.717) is 25.9 Å². The van der Waals surface area contributed by atoms with Crippen molar-refractivity contribution < 1.29 is 23.1 Å². The molecule has 1 aromatic carbocycles. The van der Waals surface area contributed by atoms with Crippen LogP contribution >= 0.6 is 0 Å². The van der Waals surface area contributed by atoms with Gasteiger partial charge >= 0.3 is 5.97 Å². The predicted octanol–water partition coefficient (Wildman–Crippen LogP) is 2.77. The van der Waals surface area contributed by atoms with Crippen molar-refractivity contribution in [1.29, 1.82) is 0 Å². The third-order valence-electron chi connectivity index (χ3n) is 4.64. The van der Waals surface area contributed by atoms with Crippen molar-refractivity contribution in [3.05, 3.63) is 59.8 Å². The van der Waals surface area contributed by atoms with E-state index in [0.717, 1.165) is 11.3 Å². The molecule has 2 aromatic rings. The number of likely N-dealkylation sites (tertiary alicyclic amines) is 1. The Bertz CT molecular complexity index is 726. The number of hydrogen-bond acceptors (Lipinski definition) is 4. The summed E-state index contributed by atoms with van der Waals surface area (Å²) in [6, 6.07) is 9.67. The third-order valence-corrected chi connectivity index (χ3v) is 4.64. The standard InChI is InChI=1S/C19H20FNO4/c1-24-19(23)17-12-21(18(22)9-8-15-3-2-10-25-15)11-16(17)13-4-6-14(20)7-5-13/h2-7,10,16-17H,8-9,11-12H2,1H3/t16-,17+/m1/s1. The zero-order valence-corrected chi connectivity index (χ0v) is 14.0. The van der Waals surface area contributed by atoms with E-state index in [9.17, 15) is 14.0 Å². The molecule has 2 heterocycles. The molecule has 1 aliphatic rings. The number of esters is 1. The van der Waals surface area contributed by atoms with Gasteiger partial charge in [0.1, 0.15) is 11.6 Å². The lowest BCUT2D eigenvalue weighted by Crippen LogP contribution is -2.30. The molecule has 0 N–H and O–H groups in total. The maximum Gasteiger partial charge on any atom is 0.311 e. The second kappa shape index (κ2) is 7.51. The minimum absolute atomic E-state index is 0.0325. The Balaban J connectivity index is 1.71. The second-order valence-electron chi connectivity index (χ2n) is 6.17. The molecule has 0 radical (unpaired) electrons. The average Bonchev–Trinajstić information content (AvgIpc) is 3.29. The van der Waals surface area contributed by atoms with E-state index in [1.54, 1.807) is 29.4 Å². The lowest BCUT2D eigenvalue weighted by molar-refractivity contribution is -0.145. The van der Waals surface area contributed by atoms with Gasteiger partial charge in [0.05, 0.1) is 19.3 Å². The van der Waals surface area contributed by atoms with Gasteiger partial charge in [-0.3, -0.25) is 9.59 Å². The Kier molecular flexibility index (Phi) is 5.16. The minimum Gasteiger partial charge on any atom is -0.469 e. The van der Waals surface area contributed by atoms with Crippen molar-refractivity contribution >= 4 is 11.9 Å². The summed E-state index contributed by atoms with van der Waals surface area (Å²) in [5.41, 5.74) is 0.832. The molecule has 1 aliphatic heterocycles. The van der Waals surface area contributed by atoms with Crippen LogP contribution in [0.25, 0.3) is 0 Å². The molecule has 0 saturated carbocycles. The number of furan rings is 1. The Morgan fingerprint density at radius 3 is 2.64 bits per heavy atom. The molecule has 5 nitrogen and oxygen atoms in total. The Hall–Kier alpha value is -2.63. The van der Waals surface area contributed by atoms with Crippen LogP contribution in [0.2, 0.25) is 0 Å². The van der Waals surface area contributed by atoms with Gasteiger partial charge in [-0.1, -0.05) is 12.1 Å². The molecule has 0 bridgehead atoms. The van der Waals surface area contributed by atoms with Gasteiger partial charge in [-0.25, -0.2) is 4.39 Å². The molecule has 0 aliphatic carbocycles. The molecule has 132 valence electrons. The first-order valence-corrected chi connectivity index (χ1v) is 8.22. The zero-order chi connectivity index (χ0) is 17.8. The fourth-order valence-corrected chi connectivity index (χ4v) is 3.29. The molecule has 6 heteroatoms. The monoisotopic (exact) mass is 345 g/mol. The van der Waals surface area contributed by atoms with Crippen LogP contribution in [0.15, 0.2) is 47.1 Å². The highest BCUT2D eigenvalue weighted by atomic mass is 19.1. The summed E-state index contributed by atoms with van der Waals surface area (Å²) in [6.45, 7) is 0.730. The molecule has 1 fully saturated rings. The number of amides is 1. The summed E-state index contributed by atoms with van der Waals surface area (Å²) in [5, 5.41) is 0. The normalized spacial score (nSPS) is 19.8. The number of aryl methyl sites for hydroxylation is 1. The summed E-state index contributed by atoms with van der Waals surface area (Å²) in [6.07, 6.45) is 2.41. The number of carbonyl (C=O) groups is 2. The minimum atomic E-state index is -0.442. The van der Waals surface area contributed by atoms with Crippen LogP contribution in [-0.2, 0) is 20.7 Å². The fourth-order valence-electron chi connectivity index (χ4n) is 3.29. The maximum atomic E-state index is 13.2.